The maximum absolute atomic E-state index is 5.76. The van der Waals surface area contributed by atoms with Crippen LogP contribution in [0.2, 0.25) is 0 Å². The second-order valence-electron chi connectivity index (χ2n) is 4.62. The van der Waals surface area contributed by atoms with Crippen LogP contribution in [0.5, 0.6) is 0 Å². The summed E-state index contributed by atoms with van der Waals surface area (Å²) in [5, 5.41) is 4.27. The Morgan fingerprint density at radius 1 is 1.00 bits per heavy atom. The second kappa shape index (κ2) is 5.17. The molecule has 0 saturated heterocycles. The number of nitrogens with zero attached hydrogens (tertiary/aromatic N) is 2. The molecule has 1 heterocycles. The van der Waals surface area contributed by atoms with Crippen molar-refractivity contribution >= 4 is 28.4 Å². The summed E-state index contributed by atoms with van der Waals surface area (Å²) in [6.07, 6.45) is 1.03. The van der Waals surface area contributed by atoms with Crippen LogP contribution in [-0.2, 0) is 6.42 Å². The third-order valence-electron chi connectivity index (χ3n) is 3.25. The summed E-state index contributed by atoms with van der Waals surface area (Å²) in [5.74, 6) is 1.01. The zero-order chi connectivity index (χ0) is 13.9. The van der Waals surface area contributed by atoms with Crippen molar-refractivity contribution in [3.63, 3.8) is 0 Å². The number of benzene rings is 2. The molecule has 0 atom stereocenters. The molecule has 0 unspecified atom stereocenters. The summed E-state index contributed by atoms with van der Waals surface area (Å²) in [7, 11) is 0. The highest BCUT2D eigenvalue weighted by molar-refractivity contribution is 5.91. The lowest BCUT2D eigenvalue weighted by molar-refractivity contribution is 1.14. The van der Waals surface area contributed by atoms with Gasteiger partial charge in [0.2, 0.25) is 5.95 Å². The fourth-order valence-corrected chi connectivity index (χ4v) is 2.15. The Morgan fingerprint density at radius 3 is 2.50 bits per heavy atom. The summed E-state index contributed by atoms with van der Waals surface area (Å²) in [4.78, 5) is 8.53. The van der Waals surface area contributed by atoms with Gasteiger partial charge in [-0.15, -0.1) is 0 Å². The molecule has 0 aliphatic rings. The van der Waals surface area contributed by atoms with Crippen LogP contribution in [0.1, 0.15) is 12.5 Å². The number of nitrogen functional groups attached to an aromatic ring is 1. The third-order valence-corrected chi connectivity index (χ3v) is 3.25. The molecule has 20 heavy (non-hydrogen) atoms. The fourth-order valence-electron chi connectivity index (χ4n) is 2.15. The topological polar surface area (TPSA) is 63.8 Å². The molecule has 3 aromatic rings. The predicted octanol–water partition coefficient (Wildman–Crippen LogP) is 3.52. The van der Waals surface area contributed by atoms with Crippen LogP contribution in [0.3, 0.4) is 0 Å². The van der Waals surface area contributed by atoms with Crippen molar-refractivity contribution in [1.29, 1.82) is 0 Å². The Balaban J connectivity index is 2.01. The maximum atomic E-state index is 5.76. The number of para-hydroxylation sites is 1. The third kappa shape index (κ3) is 2.40. The fraction of sp³-hybridized carbons (Fsp3) is 0.125. The Hall–Kier alpha value is -2.62. The van der Waals surface area contributed by atoms with Crippen LogP contribution >= 0.6 is 0 Å². The summed E-state index contributed by atoms with van der Waals surface area (Å²) in [5.41, 5.74) is 8.90. The molecule has 4 heteroatoms. The molecule has 0 bridgehead atoms. The van der Waals surface area contributed by atoms with E-state index < -0.39 is 0 Å². The Bertz CT molecular complexity index is 735. The standard InChI is InChI=1S/C16H16N4/c1-2-11-7-9-12(10-8-11)18-15-13-5-3-4-6-14(13)19-16(17)20-15/h3-10H,2H2,1H3,(H3,17,18,19,20). The van der Waals surface area contributed by atoms with E-state index in [-0.39, 0.29) is 5.95 Å². The van der Waals surface area contributed by atoms with Gasteiger partial charge >= 0.3 is 0 Å². The van der Waals surface area contributed by atoms with Crippen molar-refractivity contribution in [1.82, 2.24) is 9.97 Å². The smallest absolute Gasteiger partial charge is 0.222 e. The van der Waals surface area contributed by atoms with Crippen molar-refractivity contribution in [3.8, 4) is 0 Å². The molecule has 3 N–H and O–H groups in total. The van der Waals surface area contributed by atoms with Gasteiger partial charge in [-0.2, -0.15) is 4.98 Å². The quantitative estimate of drug-likeness (QED) is 0.759. The van der Waals surface area contributed by atoms with E-state index >= 15 is 0 Å². The second-order valence-corrected chi connectivity index (χ2v) is 4.62. The summed E-state index contributed by atoms with van der Waals surface area (Å²) < 4.78 is 0. The SMILES string of the molecule is CCc1ccc(Nc2nc(N)nc3ccccc23)cc1. The van der Waals surface area contributed by atoms with Gasteiger partial charge in [0.05, 0.1) is 5.52 Å². The monoisotopic (exact) mass is 264 g/mol. The zero-order valence-electron chi connectivity index (χ0n) is 11.3. The number of hydrogen-bond acceptors (Lipinski definition) is 4. The number of aryl methyl sites for hydroxylation is 1. The minimum absolute atomic E-state index is 0.274. The molecule has 0 radical (unpaired) electrons. The number of hydrogen-bond donors (Lipinski definition) is 2. The van der Waals surface area contributed by atoms with E-state index in [0.717, 1.165) is 28.8 Å². The van der Waals surface area contributed by atoms with E-state index in [0.29, 0.717) is 0 Å². The van der Waals surface area contributed by atoms with Crippen molar-refractivity contribution in [2.24, 2.45) is 0 Å². The molecule has 3 rings (SSSR count). The van der Waals surface area contributed by atoms with E-state index in [4.69, 9.17) is 5.73 Å². The van der Waals surface area contributed by atoms with Gasteiger partial charge in [-0.1, -0.05) is 31.2 Å². The molecule has 0 aliphatic heterocycles. The van der Waals surface area contributed by atoms with Crippen LogP contribution in [0.25, 0.3) is 10.9 Å². The van der Waals surface area contributed by atoms with Crippen LogP contribution < -0.4 is 11.1 Å². The van der Waals surface area contributed by atoms with Gasteiger partial charge < -0.3 is 11.1 Å². The molecule has 0 spiro atoms. The Morgan fingerprint density at radius 2 is 1.75 bits per heavy atom. The normalized spacial score (nSPS) is 10.7. The molecule has 0 saturated carbocycles. The van der Waals surface area contributed by atoms with Crippen LogP contribution in [-0.4, -0.2) is 9.97 Å². The van der Waals surface area contributed by atoms with Crippen molar-refractivity contribution in [2.45, 2.75) is 13.3 Å². The van der Waals surface area contributed by atoms with Crippen LogP contribution in [0.15, 0.2) is 48.5 Å². The number of aromatic nitrogens is 2. The average molecular weight is 264 g/mol. The van der Waals surface area contributed by atoms with Crippen molar-refractivity contribution < 1.29 is 0 Å². The van der Waals surface area contributed by atoms with Gasteiger partial charge in [0.15, 0.2) is 0 Å². The molecular formula is C16H16N4. The predicted molar refractivity (Wildman–Crippen MR) is 83.1 cm³/mol. The van der Waals surface area contributed by atoms with Crippen molar-refractivity contribution in [3.05, 3.63) is 54.1 Å². The average Bonchev–Trinajstić information content (AvgIpc) is 2.48. The van der Waals surface area contributed by atoms with Gasteiger partial charge in [0.1, 0.15) is 5.82 Å². The number of anilines is 3. The van der Waals surface area contributed by atoms with E-state index in [1.165, 1.54) is 5.56 Å². The summed E-state index contributed by atoms with van der Waals surface area (Å²) in [6.45, 7) is 2.14. The van der Waals surface area contributed by atoms with Crippen LogP contribution in [0.4, 0.5) is 17.5 Å². The number of nitrogens with one attached hydrogen (secondary N) is 1. The van der Waals surface area contributed by atoms with Gasteiger partial charge in [-0.3, -0.25) is 0 Å². The van der Waals surface area contributed by atoms with E-state index in [1.807, 2.05) is 36.4 Å². The first-order chi connectivity index (χ1) is 9.76. The summed E-state index contributed by atoms with van der Waals surface area (Å²) >= 11 is 0. The minimum atomic E-state index is 0.274. The van der Waals surface area contributed by atoms with E-state index in [2.05, 4.69) is 34.3 Å². The highest BCUT2D eigenvalue weighted by atomic mass is 15.1. The number of nitrogens with two attached hydrogens (primary N) is 1. The first-order valence-electron chi connectivity index (χ1n) is 6.64. The first-order valence-corrected chi connectivity index (χ1v) is 6.64. The first kappa shape index (κ1) is 12.4. The lowest BCUT2D eigenvalue weighted by Crippen LogP contribution is -2.01. The van der Waals surface area contributed by atoms with Crippen molar-refractivity contribution in [2.75, 3.05) is 11.1 Å². The molecule has 0 aliphatic carbocycles. The van der Waals surface area contributed by atoms with Gasteiger partial charge in [0, 0.05) is 11.1 Å². The van der Waals surface area contributed by atoms with Crippen LogP contribution in [0, 0.1) is 0 Å². The van der Waals surface area contributed by atoms with Gasteiger partial charge in [-0.05, 0) is 36.2 Å². The zero-order valence-corrected chi connectivity index (χ0v) is 11.3. The molecule has 2 aromatic carbocycles. The van der Waals surface area contributed by atoms with E-state index in [9.17, 15) is 0 Å². The Kier molecular flexibility index (Phi) is 3.21. The highest BCUT2D eigenvalue weighted by Crippen LogP contribution is 2.24. The minimum Gasteiger partial charge on any atom is -0.368 e. The van der Waals surface area contributed by atoms with E-state index in [1.54, 1.807) is 0 Å². The largest absolute Gasteiger partial charge is 0.368 e. The molecule has 100 valence electrons. The lowest BCUT2D eigenvalue weighted by Gasteiger charge is -2.09. The molecule has 0 fully saturated rings. The van der Waals surface area contributed by atoms with Gasteiger partial charge in [-0.25, -0.2) is 4.98 Å². The molecular weight excluding hydrogens is 248 g/mol. The summed E-state index contributed by atoms with van der Waals surface area (Å²) in [6, 6.07) is 16.1. The number of rotatable bonds is 3. The number of fused-ring (bicyclic) bond motifs is 1. The molecule has 4 nitrogen and oxygen atoms in total. The molecule has 1 aromatic heterocycles. The highest BCUT2D eigenvalue weighted by Gasteiger charge is 2.05. The van der Waals surface area contributed by atoms with Gasteiger partial charge in [0.25, 0.3) is 0 Å². The lowest BCUT2D eigenvalue weighted by atomic mass is 10.1. The maximum Gasteiger partial charge on any atom is 0.222 e. The molecule has 0 amide bonds. The Labute approximate surface area is 117 Å².